The number of nitrogens with zero attached hydrogens (tertiary/aromatic N) is 4. The van der Waals surface area contributed by atoms with Crippen molar-refractivity contribution < 1.29 is 9.90 Å². The van der Waals surface area contributed by atoms with Crippen LogP contribution in [0, 0.1) is 5.92 Å². The number of carbonyl (C=O) groups excluding carboxylic acids is 1. The normalized spacial score (nSPS) is 23.0. The van der Waals surface area contributed by atoms with Crippen LogP contribution < -0.4 is 5.73 Å². The van der Waals surface area contributed by atoms with Crippen LogP contribution in [-0.4, -0.2) is 37.0 Å². The lowest BCUT2D eigenvalue weighted by Crippen LogP contribution is -2.15. The molecule has 0 radical (unpaired) electrons. The Balaban J connectivity index is 1.90. The van der Waals surface area contributed by atoms with Gasteiger partial charge in [-0.2, -0.15) is 0 Å². The summed E-state index contributed by atoms with van der Waals surface area (Å²) >= 11 is 0. The summed E-state index contributed by atoms with van der Waals surface area (Å²) in [5.74, 6) is 0.220. The Labute approximate surface area is 109 Å². The van der Waals surface area contributed by atoms with Gasteiger partial charge in [0.1, 0.15) is 18.5 Å². The molecule has 3 N–H and O–H groups in total. The van der Waals surface area contributed by atoms with E-state index in [1.807, 2.05) is 4.57 Å². The summed E-state index contributed by atoms with van der Waals surface area (Å²) in [6, 6.07) is 0.180. The highest BCUT2D eigenvalue weighted by atomic mass is 16.3. The van der Waals surface area contributed by atoms with Gasteiger partial charge in [-0.3, -0.25) is 4.79 Å². The molecular weight excluding hydrogens is 246 g/mol. The molecule has 1 aliphatic carbocycles. The summed E-state index contributed by atoms with van der Waals surface area (Å²) in [5.41, 5.74) is 7.05. The Hall–Kier alpha value is -2.02. The molecule has 100 valence electrons. The van der Waals surface area contributed by atoms with E-state index in [4.69, 9.17) is 10.8 Å². The Bertz CT molecular complexity index is 624. The first-order valence-corrected chi connectivity index (χ1v) is 6.27. The number of carbonyl (C=O) groups is 1. The predicted molar refractivity (Wildman–Crippen MR) is 68.2 cm³/mol. The third-order valence-corrected chi connectivity index (χ3v) is 3.80. The lowest BCUT2D eigenvalue weighted by molar-refractivity contribution is -0.125. The Morgan fingerprint density at radius 1 is 1.42 bits per heavy atom. The van der Waals surface area contributed by atoms with Crippen molar-refractivity contribution in [3.05, 3.63) is 12.7 Å². The van der Waals surface area contributed by atoms with Gasteiger partial charge in [0.05, 0.1) is 6.33 Å². The van der Waals surface area contributed by atoms with Gasteiger partial charge < -0.3 is 15.4 Å². The molecule has 0 amide bonds. The number of hydrogen-bond donors (Lipinski definition) is 2. The molecule has 2 aromatic rings. The van der Waals surface area contributed by atoms with Crippen LogP contribution in [0.1, 0.15) is 25.3 Å². The Morgan fingerprint density at radius 3 is 3.05 bits per heavy atom. The van der Waals surface area contributed by atoms with Crippen LogP contribution in [0.4, 0.5) is 5.82 Å². The van der Waals surface area contributed by atoms with Crippen LogP contribution in [0.5, 0.6) is 0 Å². The van der Waals surface area contributed by atoms with Crippen LogP contribution in [0.2, 0.25) is 0 Å². The number of ketones is 1. The van der Waals surface area contributed by atoms with Crippen LogP contribution in [0.15, 0.2) is 12.7 Å². The second kappa shape index (κ2) is 4.58. The number of imidazole rings is 1. The van der Waals surface area contributed by atoms with Crippen molar-refractivity contribution in [2.45, 2.75) is 25.3 Å². The largest absolute Gasteiger partial charge is 0.389 e. The van der Waals surface area contributed by atoms with E-state index in [-0.39, 0.29) is 24.3 Å². The molecule has 2 atom stereocenters. The van der Waals surface area contributed by atoms with Crippen molar-refractivity contribution in [2.24, 2.45) is 5.92 Å². The van der Waals surface area contributed by atoms with E-state index in [1.54, 1.807) is 6.33 Å². The molecule has 2 aromatic heterocycles. The van der Waals surface area contributed by atoms with Gasteiger partial charge in [-0.1, -0.05) is 0 Å². The van der Waals surface area contributed by atoms with E-state index in [1.165, 1.54) is 6.33 Å². The van der Waals surface area contributed by atoms with E-state index in [2.05, 4.69) is 15.0 Å². The quantitative estimate of drug-likeness (QED) is 0.823. The number of anilines is 1. The molecule has 0 spiro atoms. The van der Waals surface area contributed by atoms with Crippen molar-refractivity contribution in [3.8, 4) is 0 Å². The minimum absolute atomic E-state index is 0.0633. The van der Waals surface area contributed by atoms with Gasteiger partial charge in [0.15, 0.2) is 17.2 Å². The topological polar surface area (TPSA) is 107 Å². The third kappa shape index (κ3) is 1.95. The molecule has 1 fully saturated rings. The van der Waals surface area contributed by atoms with E-state index >= 15 is 0 Å². The number of hydrogen-bond acceptors (Lipinski definition) is 6. The first-order chi connectivity index (χ1) is 9.20. The van der Waals surface area contributed by atoms with E-state index in [0.717, 1.165) is 19.3 Å². The second-order valence-corrected chi connectivity index (χ2v) is 4.87. The molecule has 1 saturated carbocycles. The van der Waals surface area contributed by atoms with E-state index in [9.17, 15) is 4.79 Å². The summed E-state index contributed by atoms with van der Waals surface area (Å²) in [5, 5.41) is 8.91. The van der Waals surface area contributed by atoms with E-state index in [0.29, 0.717) is 17.0 Å². The second-order valence-electron chi connectivity index (χ2n) is 4.87. The SMILES string of the molecule is Nc1ncnc2c1ncn2[C@H]1CC[C@H](C(=O)CO)C1. The summed E-state index contributed by atoms with van der Waals surface area (Å²) in [4.78, 5) is 23.9. The molecule has 3 rings (SSSR count). The molecular formula is C12H15N5O2. The zero-order chi connectivity index (χ0) is 13.4. The maximum atomic E-state index is 11.5. The number of fused-ring (bicyclic) bond motifs is 1. The number of rotatable bonds is 3. The van der Waals surface area contributed by atoms with Crippen LogP contribution in [0.25, 0.3) is 11.2 Å². The van der Waals surface area contributed by atoms with Crippen molar-refractivity contribution >= 4 is 22.8 Å². The first kappa shape index (κ1) is 12.0. The molecule has 1 aliphatic rings. The van der Waals surface area contributed by atoms with Gasteiger partial charge in [0, 0.05) is 12.0 Å². The zero-order valence-corrected chi connectivity index (χ0v) is 10.4. The van der Waals surface area contributed by atoms with Gasteiger partial charge in [0.2, 0.25) is 0 Å². The lowest BCUT2D eigenvalue weighted by atomic mass is 10.0. The van der Waals surface area contributed by atoms with Crippen molar-refractivity contribution in [2.75, 3.05) is 12.3 Å². The maximum Gasteiger partial charge on any atom is 0.165 e. The summed E-state index contributed by atoms with van der Waals surface area (Å²) in [7, 11) is 0. The molecule has 0 saturated heterocycles. The predicted octanol–water partition coefficient (Wildman–Crippen LogP) is 0.311. The molecule has 0 bridgehead atoms. The van der Waals surface area contributed by atoms with Crippen molar-refractivity contribution in [1.29, 1.82) is 0 Å². The smallest absolute Gasteiger partial charge is 0.165 e. The molecule has 19 heavy (non-hydrogen) atoms. The fourth-order valence-corrected chi connectivity index (χ4v) is 2.77. The molecule has 0 aliphatic heterocycles. The first-order valence-electron chi connectivity index (χ1n) is 6.27. The van der Waals surface area contributed by atoms with Gasteiger partial charge in [-0.25, -0.2) is 15.0 Å². The summed E-state index contributed by atoms with van der Waals surface area (Å²) in [6.45, 7) is -0.378. The number of aliphatic hydroxyl groups is 1. The van der Waals surface area contributed by atoms with Crippen LogP contribution in [0.3, 0.4) is 0 Å². The van der Waals surface area contributed by atoms with Crippen molar-refractivity contribution in [1.82, 2.24) is 19.5 Å². The standard InChI is InChI=1S/C12H15N5O2/c13-11-10-12(15-5-14-11)17(6-16-10)8-2-1-7(3-8)9(19)4-18/h5-8,18H,1-4H2,(H2,13,14,15)/t7-,8-/m0/s1. The third-order valence-electron chi connectivity index (χ3n) is 3.80. The van der Waals surface area contributed by atoms with Crippen LogP contribution in [-0.2, 0) is 4.79 Å². The molecule has 7 nitrogen and oxygen atoms in total. The number of nitrogens with two attached hydrogens (primary N) is 1. The fourth-order valence-electron chi connectivity index (χ4n) is 2.77. The number of aliphatic hydroxyl groups excluding tert-OH is 1. The Kier molecular flexibility index (Phi) is 2.90. The highest BCUT2D eigenvalue weighted by Gasteiger charge is 2.31. The average molecular weight is 261 g/mol. The highest BCUT2D eigenvalue weighted by molar-refractivity contribution is 5.83. The van der Waals surface area contributed by atoms with Gasteiger partial charge in [-0.15, -0.1) is 0 Å². The van der Waals surface area contributed by atoms with E-state index < -0.39 is 0 Å². The number of aromatic nitrogens is 4. The minimum Gasteiger partial charge on any atom is -0.389 e. The average Bonchev–Trinajstić information content (AvgIpc) is 3.04. The summed E-state index contributed by atoms with van der Waals surface area (Å²) < 4.78 is 1.96. The fraction of sp³-hybridized carbons (Fsp3) is 0.500. The number of Topliss-reactive ketones (excluding diaryl/α,β-unsaturated/α-hetero) is 1. The van der Waals surface area contributed by atoms with Crippen LogP contribution >= 0.6 is 0 Å². The highest BCUT2D eigenvalue weighted by Crippen LogP contribution is 2.36. The molecule has 2 heterocycles. The molecule has 0 aromatic carbocycles. The van der Waals surface area contributed by atoms with Crippen molar-refractivity contribution in [3.63, 3.8) is 0 Å². The van der Waals surface area contributed by atoms with Gasteiger partial charge >= 0.3 is 0 Å². The van der Waals surface area contributed by atoms with Gasteiger partial charge in [0.25, 0.3) is 0 Å². The Morgan fingerprint density at radius 2 is 2.26 bits per heavy atom. The molecule has 7 heteroatoms. The number of nitrogen functional groups attached to an aromatic ring is 1. The monoisotopic (exact) mass is 261 g/mol. The maximum absolute atomic E-state index is 11.5. The van der Waals surface area contributed by atoms with Gasteiger partial charge in [-0.05, 0) is 19.3 Å². The summed E-state index contributed by atoms with van der Waals surface area (Å²) in [6.07, 6.45) is 5.51. The zero-order valence-electron chi connectivity index (χ0n) is 10.4. The minimum atomic E-state index is -0.378. The lowest BCUT2D eigenvalue weighted by Gasteiger charge is -2.12. The molecule has 0 unspecified atom stereocenters.